The molecule has 32 heavy (non-hydrogen) atoms. The molecule has 4 aromatic rings. The number of nitrogens with zero attached hydrogens (tertiary/aromatic N) is 3. The SMILES string of the molecule is Cc1ccc2c(c1)CN(CC(=O)NCc1cn3cc(C)ccc3n1)CC(c1ccsc1)O2. The normalized spacial score (nSPS) is 16.4. The van der Waals surface area contributed by atoms with Gasteiger partial charge in [-0.25, -0.2) is 4.98 Å². The standard InChI is InChI=1S/C25H26N4O2S/c1-17-3-5-22-20(9-17)12-28(14-23(31-22)19-7-8-32-16-19)15-25(30)26-10-21-13-29-11-18(2)4-6-24(29)27-21/h3-9,11,13,16,23H,10,12,14-15H2,1-2H3,(H,26,30). The van der Waals surface area contributed by atoms with Crippen LogP contribution in [0, 0.1) is 13.8 Å². The Hall–Kier alpha value is -3.16. The molecule has 5 rings (SSSR count). The van der Waals surface area contributed by atoms with Crippen LogP contribution in [0.25, 0.3) is 5.65 Å². The molecule has 0 aliphatic carbocycles. The molecule has 0 spiro atoms. The summed E-state index contributed by atoms with van der Waals surface area (Å²) in [6.45, 7) is 6.19. The third kappa shape index (κ3) is 4.54. The van der Waals surface area contributed by atoms with Gasteiger partial charge in [0.1, 0.15) is 17.5 Å². The van der Waals surface area contributed by atoms with Crippen molar-refractivity contribution in [2.75, 3.05) is 13.1 Å². The van der Waals surface area contributed by atoms with E-state index in [0.717, 1.165) is 28.2 Å². The molecule has 1 aliphatic rings. The third-order valence-corrected chi connectivity index (χ3v) is 6.40. The molecular formula is C25H26N4O2S. The van der Waals surface area contributed by atoms with Crippen molar-refractivity contribution in [2.45, 2.75) is 33.0 Å². The van der Waals surface area contributed by atoms with Crippen LogP contribution in [0.4, 0.5) is 0 Å². The lowest BCUT2D eigenvalue weighted by Gasteiger charge is -2.23. The van der Waals surface area contributed by atoms with Gasteiger partial charge in [-0.15, -0.1) is 0 Å². The zero-order chi connectivity index (χ0) is 22.1. The number of carbonyl (C=O) groups is 1. The van der Waals surface area contributed by atoms with Gasteiger partial charge in [-0.1, -0.05) is 23.8 Å². The number of thiophene rings is 1. The van der Waals surface area contributed by atoms with Crippen LogP contribution >= 0.6 is 11.3 Å². The van der Waals surface area contributed by atoms with Crippen molar-refractivity contribution in [3.8, 4) is 5.75 Å². The number of amides is 1. The molecule has 3 aromatic heterocycles. The minimum Gasteiger partial charge on any atom is -0.484 e. The number of hydrogen-bond acceptors (Lipinski definition) is 5. The molecule has 0 fully saturated rings. The maximum atomic E-state index is 12.8. The van der Waals surface area contributed by atoms with Gasteiger partial charge in [0.05, 0.1) is 18.8 Å². The molecule has 164 valence electrons. The summed E-state index contributed by atoms with van der Waals surface area (Å²) >= 11 is 1.66. The molecule has 1 aliphatic heterocycles. The van der Waals surface area contributed by atoms with Crippen molar-refractivity contribution >= 4 is 22.9 Å². The average molecular weight is 447 g/mol. The zero-order valence-corrected chi connectivity index (χ0v) is 19.1. The van der Waals surface area contributed by atoms with Crippen LogP contribution in [0.15, 0.2) is 59.6 Å². The number of nitrogens with one attached hydrogen (secondary N) is 1. The number of hydrogen-bond donors (Lipinski definition) is 1. The first-order valence-corrected chi connectivity index (χ1v) is 11.7. The molecule has 1 N–H and O–H groups in total. The molecule has 0 saturated heterocycles. The van der Waals surface area contributed by atoms with Crippen LogP contribution in [-0.4, -0.2) is 33.3 Å². The lowest BCUT2D eigenvalue weighted by molar-refractivity contribution is -0.122. The third-order valence-electron chi connectivity index (χ3n) is 5.70. The van der Waals surface area contributed by atoms with Gasteiger partial charge in [-0.2, -0.15) is 11.3 Å². The second kappa shape index (κ2) is 8.76. The van der Waals surface area contributed by atoms with E-state index in [1.165, 1.54) is 11.1 Å². The Bertz CT molecular complexity index is 1250. The molecule has 1 unspecified atom stereocenters. The first kappa shape index (κ1) is 20.7. The lowest BCUT2D eigenvalue weighted by Crippen LogP contribution is -2.38. The van der Waals surface area contributed by atoms with E-state index < -0.39 is 0 Å². The molecule has 7 heteroatoms. The number of fused-ring (bicyclic) bond motifs is 2. The summed E-state index contributed by atoms with van der Waals surface area (Å²) in [5, 5.41) is 7.21. The Balaban J connectivity index is 1.28. The first-order valence-electron chi connectivity index (χ1n) is 10.7. The van der Waals surface area contributed by atoms with E-state index in [-0.39, 0.29) is 12.0 Å². The van der Waals surface area contributed by atoms with Crippen molar-refractivity contribution in [3.05, 3.63) is 87.5 Å². The molecule has 1 aromatic carbocycles. The lowest BCUT2D eigenvalue weighted by atomic mass is 10.1. The quantitative estimate of drug-likeness (QED) is 0.498. The van der Waals surface area contributed by atoms with Crippen LogP contribution in [-0.2, 0) is 17.9 Å². The Morgan fingerprint density at radius 3 is 2.91 bits per heavy atom. The molecule has 0 radical (unpaired) electrons. The van der Waals surface area contributed by atoms with Crippen molar-refractivity contribution in [2.24, 2.45) is 0 Å². The summed E-state index contributed by atoms with van der Waals surface area (Å²) in [6, 6.07) is 12.4. The highest BCUT2D eigenvalue weighted by Gasteiger charge is 2.26. The number of benzene rings is 1. The highest BCUT2D eigenvalue weighted by molar-refractivity contribution is 7.07. The molecule has 1 atom stereocenters. The van der Waals surface area contributed by atoms with Gasteiger partial charge < -0.3 is 14.5 Å². The summed E-state index contributed by atoms with van der Waals surface area (Å²) < 4.78 is 8.35. The van der Waals surface area contributed by atoms with E-state index in [2.05, 4.69) is 58.0 Å². The van der Waals surface area contributed by atoms with Gasteiger partial charge in [-0.3, -0.25) is 9.69 Å². The summed E-state index contributed by atoms with van der Waals surface area (Å²) in [4.78, 5) is 19.6. The predicted molar refractivity (Wildman–Crippen MR) is 126 cm³/mol. The van der Waals surface area contributed by atoms with Gasteiger partial charge >= 0.3 is 0 Å². The van der Waals surface area contributed by atoms with Crippen molar-refractivity contribution < 1.29 is 9.53 Å². The number of aryl methyl sites for hydroxylation is 2. The molecular weight excluding hydrogens is 420 g/mol. The summed E-state index contributed by atoms with van der Waals surface area (Å²) in [6.07, 6.45) is 3.91. The second-order valence-electron chi connectivity index (χ2n) is 8.42. The van der Waals surface area contributed by atoms with E-state index in [9.17, 15) is 4.79 Å². The van der Waals surface area contributed by atoms with Gasteiger partial charge in [0.25, 0.3) is 0 Å². The van der Waals surface area contributed by atoms with Crippen LogP contribution < -0.4 is 10.1 Å². The van der Waals surface area contributed by atoms with Crippen LogP contribution in [0.3, 0.4) is 0 Å². The zero-order valence-electron chi connectivity index (χ0n) is 18.2. The highest BCUT2D eigenvalue weighted by atomic mass is 32.1. The van der Waals surface area contributed by atoms with Crippen molar-refractivity contribution in [1.29, 1.82) is 0 Å². The summed E-state index contributed by atoms with van der Waals surface area (Å²) in [5.41, 5.74) is 6.35. The van der Waals surface area contributed by atoms with Crippen molar-refractivity contribution in [1.82, 2.24) is 19.6 Å². The fourth-order valence-corrected chi connectivity index (χ4v) is 4.82. The number of ether oxygens (including phenoxy) is 1. The Morgan fingerprint density at radius 2 is 2.06 bits per heavy atom. The molecule has 0 bridgehead atoms. The number of pyridine rings is 1. The van der Waals surface area contributed by atoms with E-state index >= 15 is 0 Å². The topological polar surface area (TPSA) is 58.9 Å². The van der Waals surface area contributed by atoms with Gasteiger partial charge in [0.2, 0.25) is 5.91 Å². The Labute approximate surface area is 191 Å². The Morgan fingerprint density at radius 1 is 1.19 bits per heavy atom. The minimum absolute atomic E-state index is 0.0154. The van der Waals surface area contributed by atoms with Crippen LogP contribution in [0.1, 0.15) is 34.1 Å². The van der Waals surface area contributed by atoms with Crippen LogP contribution in [0.2, 0.25) is 0 Å². The van der Waals surface area contributed by atoms with Gasteiger partial charge in [0, 0.05) is 36.6 Å². The van der Waals surface area contributed by atoms with Gasteiger partial charge in [0.15, 0.2) is 0 Å². The van der Waals surface area contributed by atoms with E-state index in [4.69, 9.17) is 4.74 Å². The molecule has 0 saturated carbocycles. The summed E-state index contributed by atoms with van der Waals surface area (Å²) in [7, 11) is 0. The minimum atomic E-state index is -0.0975. The van der Waals surface area contributed by atoms with Crippen LogP contribution in [0.5, 0.6) is 5.75 Å². The summed E-state index contributed by atoms with van der Waals surface area (Å²) in [5.74, 6) is 0.883. The largest absolute Gasteiger partial charge is 0.484 e. The van der Waals surface area contributed by atoms with E-state index in [0.29, 0.717) is 26.2 Å². The predicted octanol–water partition coefficient (Wildman–Crippen LogP) is 4.26. The maximum Gasteiger partial charge on any atom is 0.234 e. The Kier molecular flexibility index (Phi) is 5.68. The van der Waals surface area contributed by atoms with Crippen molar-refractivity contribution in [3.63, 3.8) is 0 Å². The first-order chi connectivity index (χ1) is 15.5. The van der Waals surface area contributed by atoms with E-state index in [1.807, 2.05) is 35.0 Å². The fraction of sp³-hybridized carbons (Fsp3) is 0.280. The second-order valence-corrected chi connectivity index (χ2v) is 9.20. The monoisotopic (exact) mass is 446 g/mol. The molecule has 4 heterocycles. The number of carbonyl (C=O) groups excluding carboxylic acids is 1. The average Bonchev–Trinajstić information content (AvgIpc) is 3.39. The highest BCUT2D eigenvalue weighted by Crippen LogP contribution is 2.32. The molecule has 1 amide bonds. The molecule has 6 nitrogen and oxygen atoms in total. The smallest absolute Gasteiger partial charge is 0.234 e. The maximum absolute atomic E-state index is 12.8. The fourth-order valence-electron chi connectivity index (χ4n) is 4.12. The van der Waals surface area contributed by atoms with Gasteiger partial charge in [-0.05, 0) is 48.4 Å². The number of imidazole rings is 1. The number of aromatic nitrogens is 2. The van der Waals surface area contributed by atoms with E-state index in [1.54, 1.807) is 11.3 Å². The number of rotatable bonds is 5.